The summed E-state index contributed by atoms with van der Waals surface area (Å²) >= 11 is 1.51. The Balaban J connectivity index is 1.67. The van der Waals surface area contributed by atoms with Crippen LogP contribution in [0.3, 0.4) is 0 Å². The van der Waals surface area contributed by atoms with Crippen molar-refractivity contribution in [1.29, 1.82) is 0 Å². The van der Waals surface area contributed by atoms with Crippen LogP contribution >= 0.6 is 11.8 Å². The van der Waals surface area contributed by atoms with Crippen molar-refractivity contribution in [2.24, 2.45) is 0 Å². The number of carbonyl (C=O) groups excluding carboxylic acids is 1. The predicted octanol–water partition coefficient (Wildman–Crippen LogP) is 2.24. The molecule has 10 heteroatoms. The molecule has 1 N–H and O–H groups in total. The Kier molecular flexibility index (Phi) is 6.67. The molecule has 1 aromatic carbocycles. The molecule has 31 heavy (non-hydrogen) atoms. The number of benzene rings is 1. The quantitative estimate of drug-likeness (QED) is 0.647. The summed E-state index contributed by atoms with van der Waals surface area (Å²) in [6, 6.07) is 3.63. The molecule has 1 aromatic heterocycles. The molecule has 3 heterocycles. The molecule has 0 unspecified atom stereocenters. The fourth-order valence-corrected chi connectivity index (χ4v) is 4.52. The maximum absolute atomic E-state index is 13.0. The highest BCUT2D eigenvalue weighted by molar-refractivity contribution is 7.99. The third kappa shape index (κ3) is 4.49. The van der Waals surface area contributed by atoms with E-state index in [0.717, 1.165) is 24.5 Å². The number of hydrogen-bond donors (Lipinski definition) is 1. The molecular formula is C21H26N4O5S. The number of amides is 1. The third-order valence-electron chi connectivity index (χ3n) is 5.06. The molecule has 0 bridgehead atoms. The van der Waals surface area contributed by atoms with Crippen LogP contribution < -0.4 is 25.2 Å². The fraction of sp³-hybridized carbons (Fsp3) is 0.476. The number of carbonyl (C=O) groups is 1. The second-order valence-corrected chi connectivity index (χ2v) is 8.06. The van der Waals surface area contributed by atoms with Gasteiger partial charge in [-0.3, -0.25) is 14.2 Å². The van der Waals surface area contributed by atoms with Gasteiger partial charge in [-0.05, 0) is 13.8 Å². The zero-order chi connectivity index (χ0) is 21.8. The molecule has 4 rings (SSSR count). The highest BCUT2D eigenvalue weighted by Crippen LogP contribution is 2.39. The van der Waals surface area contributed by atoms with Crippen LogP contribution in [0.5, 0.6) is 11.5 Å². The average molecular weight is 447 g/mol. The van der Waals surface area contributed by atoms with Crippen molar-refractivity contribution in [3.05, 3.63) is 34.2 Å². The van der Waals surface area contributed by atoms with Gasteiger partial charge in [0.05, 0.1) is 37.8 Å². The third-order valence-corrected chi connectivity index (χ3v) is 6.03. The van der Waals surface area contributed by atoms with Crippen LogP contribution in [0.2, 0.25) is 0 Å². The Labute approximate surface area is 184 Å². The summed E-state index contributed by atoms with van der Waals surface area (Å²) in [6.07, 6.45) is 1.34. The summed E-state index contributed by atoms with van der Waals surface area (Å²) in [5.41, 5.74) is 1.01. The Bertz CT molecular complexity index is 1020. The molecular weight excluding hydrogens is 420 g/mol. The standard InChI is InChI=1S/C21H26N4O5S/c1-3-29-17-12-16(24-5-8-28-9-6-24)18(30-4-2)11-15(17)23-19(26)14-13-22-21-25(20(14)27)7-10-31-21/h11-13H,3-10H2,1-2H3,(H,23,26). The number of rotatable bonds is 7. The first-order valence-electron chi connectivity index (χ1n) is 10.4. The van der Waals surface area contributed by atoms with Crippen molar-refractivity contribution in [2.75, 3.05) is 55.5 Å². The molecule has 0 atom stereocenters. The van der Waals surface area contributed by atoms with Crippen LogP contribution in [0.15, 0.2) is 28.3 Å². The van der Waals surface area contributed by atoms with Gasteiger partial charge >= 0.3 is 0 Å². The van der Waals surface area contributed by atoms with Crippen molar-refractivity contribution in [3.63, 3.8) is 0 Å². The van der Waals surface area contributed by atoms with E-state index in [4.69, 9.17) is 14.2 Å². The van der Waals surface area contributed by atoms with Crippen LogP contribution in [0.4, 0.5) is 11.4 Å². The minimum atomic E-state index is -0.521. The van der Waals surface area contributed by atoms with Crippen molar-refractivity contribution in [1.82, 2.24) is 9.55 Å². The lowest BCUT2D eigenvalue weighted by Gasteiger charge is -2.31. The van der Waals surface area contributed by atoms with Gasteiger partial charge in [-0.2, -0.15) is 0 Å². The van der Waals surface area contributed by atoms with E-state index >= 15 is 0 Å². The van der Waals surface area contributed by atoms with Crippen LogP contribution in [-0.4, -0.2) is 60.7 Å². The second-order valence-electron chi connectivity index (χ2n) is 7.00. The zero-order valence-electron chi connectivity index (χ0n) is 17.7. The van der Waals surface area contributed by atoms with Gasteiger partial charge in [-0.1, -0.05) is 11.8 Å². The minimum Gasteiger partial charge on any atom is -0.492 e. The van der Waals surface area contributed by atoms with E-state index in [1.807, 2.05) is 19.9 Å². The molecule has 166 valence electrons. The maximum Gasteiger partial charge on any atom is 0.267 e. The van der Waals surface area contributed by atoms with Crippen LogP contribution in [-0.2, 0) is 11.3 Å². The van der Waals surface area contributed by atoms with Crippen LogP contribution in [0, 0.1) is 0 Å². The molecule has 0 radical (unpaired) electrons. The lowest BCUT2D eigenvalue weighted by Crippen LogP contribution is -2.36. The molecule has 1 fully saturated rings. The van der Waals surface area contributed by atoms with Gasteiger partial charge in [-0.15, -0.1) is 0 Å². The van der Waals surface area contributed by atoms with E-state index in [1.54, 1.807) is 6.07 Å². The summed E-state index contributed by atoms with van der Waals surface area (Å²) in [4.78, 5) is 32.1. The van der Waals surface area contributed by atoms with Crippen LogP contribution in [0.1, 0.15) is 24.2 Å². The number of aromatic nitrogens is 2. The van der Waals surface area contributed by atoms with Gasteiger partial charge in [0.1, 0.15) is 17.1 Å². The van der Waals surface area contributed by atoms with Gasteiger partial charge in [0, 0.05) is 43.7 Å². The Morgan fingerprint density at radius 2 is 1.90 bits per heavy atom. The van der Waals surface area contributed by atoms with Gasteiger partial charge in [-0.25, -0.2) is 4.98 Å². The average Bonchev–Trinajstić information content (AvgIpc) is 3.26. The first kappa shape index (κ1) is 21.5. The van der Waals surface area contributed by atoms with E-state index in [1.165, 1.54) is 22.5 Å². The molecule has 2 aromatic rings. The predicted molar refractivity (Wildman–Crippen MR) is 119 cm³/mol. The second kappa shape index (κ2) is 9.61. The topological polar surface area (TPSA) is 94.9 Å². The van der Waals surface area contributed by atoms with E-state index in [9.17, 15) is 9.59 Å². The SMILES string of the molecule is CCOc1cc(N2CCOCC2)c(OCC)cc1NC(=O)c1cnc2n(c1=O)CCS2. The Morgan fingerprint density at radius 1 is 1.16 bits per heavy atom. The first-order valence-corrected chi connectivity index (χ1v) is 11.4. The summed E-state index contributed by atoms with van der Waals surface area (Å²) in [6.45, 7) is 8.02. The summed E-state index contributed by atoms with van der Waals surface area (Å²) in [7, 11) is 0. The van der Waals surface area contributed by atoms with Crippen LogP contribution in [0.25, 0.3) is 0 Å². The molecule has 0 aliphatic carbocycles. The van der Waals surface area contributed by atoms with Gasteiger partial charge < -0.3 is 24.4 Å². The molecule has 0 saturated carbocycles. The normalized spacial score (nSPS) is 15.5. The van der Waals surface area contributed by atoms with E-state index in [0.29, 0.717) is 55.3 Å². The van der Waals surface area contributed by atoms with Gasteiger partial charge in [0.25, 0.3) is 11.5 Å². The monoisotopic (exact) mass is 446 g/mol. The molecule has 1 saturated heterocycles. The number of nitrogens with one attached hydrogen (secondary N) is 1. The Morgan fingerprint density at radius 3 is 2.65 bits per heavy atom. The minimum absolute atomic E-state index is 0.00362. The van der Waals surface area contributed by atoms with Crippen molar-refractivity contribution in [2.45, 2.75) is 25.5 Å². The van der Waals surface area contributed by atoms with Gasteiger partial charge in [0.15, 0.2) is 5.16 Å². The summed E-state index contributed by atoms with van der Waals surface area (Å²) in [5.74, 6) is 1.42. The Hall–Kier alpha value is -2.72. The lowest BCUT2D eigenvalue weighted by molar-refractivity contribution is 0.102. The number of nitrogens with zero attached hydrogens (tertiary/aromatic N) is 3. The molecule has 9 nitrogen and oxygen atoms in total. The molecule has 2 aliphatic rings. The molecule has 2 aliphatic heterocycles. The van der Waals surface area contributed by atoms with E-state index in [-0.39, 0.29) is 11.1 Å². The molecule has 0 spiro atoms. The first-order chi connectivity index (χ1) is 15.1. The zero-order valence-corrected chi connectivity index (χ0v) is 18.5. The fourth-order valence-electron chi connectivity index (χ4n) is 3.61. The summed E-state index contributed by atoms with van der Waals surface area (Å²) < 4.78 is 18.7. The van der Waals surface area contributed by atoms with E-state index < -0.39 is 5.91 Å². The number of fused-ring (bicyclic) bond motifs is 1. The number of thioether (sulfide) groups is 1. The van der Waals surface area contributed by atoms with Gasteiger partial charge in [0.2, 0.25) is 0 Å². The smallest absolute Gasteiger partial charge is 0.267 e. The number of morpholine rings is 1. The van der Waals surface area contributed by atoms with Crippen molar-refractivity contribution < 1.29 is 19.0 Å². The molecule has 1 amide bonds. The summed E-state index contributed by atoms with van der Waals surface area (Å²) in [5, 5.41) is 3.47. The number of hydrogen-bond acceptors (Lipinski definition) is 8. The highest BCUT2D eigenvalue weighted by atomic mass is 32.2. The number of ether oxygens (including phenoxy) is 3. The highest BCUT2D eigenvalue weighted by Gasteiger charge is 2.23. The van der Waals surface area contributed by atoms with Crippen molar-refractivity contribution in [3.8, 4) is 11.5 Å². The lowest BCUT2D eigenvalue weighted by atomic mass is 10.2. The van der Waals surface area contributed by atoms with E-state index in [2.05, 4.69) is 15.2 Å². The van der Waals surface area contributed by atoms with Crippen molar-refractivity contribution >= 4 is 29.0 Å². The maximum atomic E-state index is 13.0. The number of anilines is 2. The largest absolute Gasteiger partial charge is 0.492 e.